The van der Waals surface area contributed by atoms with Crippen LogP contribution in [0.5, 0.6) is 28.7 Å². The lowest BCUT2D eigenvalue weighted by Gasteiger charge is -2.43. The number of benzene rings is 3. The number of hydrogen-bond acceptors (Lipinski definition) is 14. The summed E-state index contributed by atoms with van der Waals surface area (Å²) >= 11 is 0. The van der Waals surface area contributed by atoms with Crippen molar-refractivity contribution in [1.29, 1.82) is 0 Å². The second-order valence-electron chi connectivity index (χ2n) is 15.4. The largest absolute Gasteiger partial charge is 0.493 e. The molecular formula is C44H44N4O13. The average molecular weight is 837 g/mol. The number of nitrogens with two attached hydrogens (primary N) is 2. The molecule has 61 heavy (non-hydrogen) atoms. The number of methoxy groups -OCH3 is 1. The van der Waals surface area contributed by atoms with E-state index in [9.17, 15) is 24.9 Å². The lowest BCUT2D eigenvalue weighted by Crippen LogP contribution is -2.66. The fourth-order valence-corrected chi connectivity index (χ4v) is 8.71. The molecule has 4 aliphatic rings. The number of carbonyl (C=O) groups excluding carboxylic acids is 1. The summed E-state index contributed by atoms with van der Waals surface area (Å²) in [6.45, 7) is 0.606. The summed E-state index contributed by atoms with van der Waals surface area (Å²) in [6.07, 6.45) is -8.09. The molecule has 0 amide bonds. The number of carboxylic acids is 1. The monoisotopic (exact) mass is 836 g/mol. The van der Waals surface area contributed by atoms with E-state index in [4.69, 9.17) is 49.7 Å². The van der Waals surface area contributed by atoms with Crippen molar-refractivity contribution >= 4 is 22.8 Å². The van der Waals surface area contributed by atoms with Crippen molar-refractivity contribution in [3.63, 3.8) is 0 Å². The van der Waals surface area contributed by atoms with Gasteiger partial charge in [0.1, 0.15) is 54.5 Å². The summed E-state index contributed by atoms with van der Waals surface area (Å²) in [7, 11) is 1.57. The summed E-state index contributed by atoms with van der Waals surface area (Å²) in [5.41, 5.74) is 16.0. The molecule has 9 rings (SSSR count). The first-order valence-electron chi connectivity index (χ1n) is 19.8. The van der Waals surface area contributed by atoms with Crippen molar-refractivity contribution in [2.45, 2.75) is 86.4 Å². The lowest BCUT2D eigenvalue weighted by atomic mass is 9.76. The van der Waals surface area contributed by atoms with Gasteiger partial charge >= 0.3 is 11.9 Å². The molecule has 17 nitrogen and oxygen atoms in total. The van der Waals surface area contributed by atoms with Crippen LogP contribution in [0.25, 0.3) is 10.9 Å². The van der Waals surface area contributed by atoms with Crippen molar-refractivity contribution in [1.82, 2.24) is 9.55 Å². The maximum absolute atomic E-state index is 12.4. The maximum atomic E-state index is 12.4. The van der Waals surface area contributed by atoms with Crippen LogP contribution in [0.4, 0.5) is 0 Å². The van der Waals surface area contributed by atoms with Crippen LogP contribution in [0.1, 0.15) is 53.0 Å². The highest BCUT2D eigenvalue weighted by Crippen LogP contribution is 2.61. The number of nitrogens with one attached hydrogen (secondary N) is 1. The van der Waals surface area contributed by atoms with Gasteiger partial charge in [-0.2, -0.15) is 0 Å². The van der Waals surface area contributed by atoms with Gasteiger partial charge in [0.15, 0.2) is 17.6 Å². The number of aliphatic hydroxyl groups is 3. The van der Waals surface area contributed by atoms with Crippen LogP contribution in [0.2, 0.25) is 0 Å². The van der Waals surface area contributed by atoms with E-state index in [1.165, 1.54) is 0 Å². The van der Waals surface area contributed by atoms with Crippen molar-refractivity contribution in [3.8, 4) is 40.6 Å². The average Bonchev–Trinajstić information content (AvgIpc) is 3.95. The normalized spacial score (nSPS) is 26.6. The number of ether oxygens (including phenoxy) is 7. The molecule has 5 aromatic rings. The van der Waals surface area contributed by atoms with E-state index in [1.54, 1.807) is 19.2 Å². The lowest BCUT2D eigenvalue weighted by molar-refractivity contribution is -0.291. The Morgan fingerprint density at radius 1 is 1.00 bits per heavy atom. The summed E-state index contributed by atoms with van der Waals surface area (Å²) in [4.78, 5) is 26.8. The zero-order valence-electron chi connectivity index (χ0n) is 32.7. The summed E-state index contributed by atoms with van der Waals surface area (Å²) in [5, 5.41) is 43.3. The predicted octanol–water partition coefficient (Wildman–Crippen LogP) is 2.39. The number of aromatic nitrogens is 2. The molecule has 0 saturated carbocycles. The molecule has 2 aromatic heterocycles. The second-order valence-corrected chi connectivity index (χ2v) is 15.4. The third kappa shape index (κ3) is 7.47. The Balaban J connectivity index is 1.15. The van der Waals surface area contributed by atoms with E-state index in [0.29, 0.717) is 48.1 Å². The number of H-pyrrole nitrogens is 1. The summed E-state index contributed by atoms with van der Waals surface area (Å²) in [5.74, 6) is 5.35. The molecule has 4 bridgehead atoms. The molecule has 3 aromatic carbocycles. The number of carbonyl (C=O) groups is 2. The molecule has 9 N–H and O–H groups in total. The fourth-order valence-electron chi connectivity index (χ4n) is 8.71. The Morgan fingerprint density at radius 3 is 2.57 bits per heavy atom. The Morgan fingerprint density at radius 2 is 1.82 bits per heavy atom. The number of esters is 1. The van der Waals surface area contributed by atoms with Gasteiger partial charge in [-0.05, 0) is 29.3 Å². The van der Waals surface area contributed by atoms with Crippen LogP contribution < -0.4 is 35.2 Å². The fraction of sp³-hybridized carbons (Fsp3) is 0.364. The Kier molecular flexibility index (Phi) is 10.7. The summed E-state index contributed by atoms with van der Waals surface area (Å²) in [6, 6.07) is 19.0. The van der Waals surface area contributed by atoms with Gasteiger partial charge in [-0.15, -0.1) is 0 Å². The Hall–Kier alpha value is -6.26. The van der Waals surface area contributed by atoms with Gasteiger partial charge in [-0.25, -0.2) is 0 Å². The van der Waals surface area contributed by atoms with E-state index in [-0.39, 0.29) is 11.7 Å². The SMILES string of the molecule is COc1ccc2c3c1OCCC#C[C@H](c1ccccc1)[C@H]1Oc4cc(O[C@@H]5O[C@H]([C@H](OC(=O)CC(=O)O)C(N)N)[C@@H](O)[C@H](O)[C@H]5O)cc(Cn5cc6cc[nH]c6c5)c4[C@H](O3)[C@H]21. The first-order valence-corrected chi connectivity index (χ1v) is 19.8. The first kappa shape index (κ1) is 40.2. The highest BCUT2D eigenvalue weighted by molar-refractivity contribution is 5.90. The number of aliphatic hydroxyl groups excluding tert-OH is 3. The van der Waals surface area contributed by atoms with Gasteiger partial charge in [0.2, 0.25) is 12.0 Å². The predicted molar refractivity (Wildman–Crippen MR) is 214 cm³/mol. The van der Waals surface area contributed by atoms with Gasteiger partial charge in [-0.3, -0.25) is 9.59 Å². The van der Waals surface area contributed by atoms with E-state index < -0.39 is 79.5 Å². The molecule has 1 saturated heterocycles. The standard InChI is InChI=1S/C44H44N4O13/c1-55-28-11-10-26-33-37-25(21-7-3-2-4-8-21)9-5-6-14-56-39(28)38(26)60-40(33)32-23(19-48-18-22-12-13-47-27(22)20-48)15-24(16-29(32)58-37)57-44-36(54)34(52)35(53)41(61-44)42(43(45)46)59-31(51)17-30(49)50/h2-4,7-8,10-13,15-16,18,20,25,33-37,40-44,47,52-54H,6,14,17,19,45-46H2,1H3,(H,49,50)/t25-,33-,34+,35+,36-,37-,40+,41+,42+,44-/m1/s1. The molecule has 0 spiro atoms. The van der Waals surface area contributed by atoms with Gasteiger partial charge in [0.25, 0.3) is 0 Å². The van der Waals surface area contributed by atoms with E-state index in [0.717, 1.165) is 27.6 Å². The van der Waals surface area contributed by atoms with Crippen molar-refractivity contribution in [2.24, 2.45) is 11.5 Å². The van der Waals surface area contributed by atoms with Crippen LogP contribution >= 0.6 is 0 Å². The number of fused-ring (bicyclic) bond motifs is 3. The van der Waals surface area contributed by atoms with Gasteiger partial charge in [-0.1, -0.05) is 48.2 Å². The van der Waals surface area contributed by atoms with Crippen molar-refractivity contribution in [2.75, 3.05) is 13.7 Å². The molecule has 0 aliphatic carbocycles. The zero-order valence-corrected chi connectivity index (χ0v) is 32.7. The van der Waals surface area contributed by atoms with E-state index >= 15 is 0 Å². The smallest absolute Gasteiger partial charge is 0.317 e. The third-order valence-corrected chi connectivity index (χ3v) is 11.5. The molecule has 17 heteroatoms. The second kappa shape index (κ2) is 16.3. The van der Waals surface area contributed by atoms with Crippen LogP contribution in [0, 0.1) is 11.8 Å². The number of hydrogen-bond donors (Lipinski definition) is 7. The highest BCUT2D eigenvalue weighted by Gasteiger charge is 2.53. The highest BCUT2D eigenvalue weighted by atomic mass is 16.7. The number of carboxylic acid groups (broad SMARTS) is 1. The number of rotatable bonds is 11. The van der Waals surface area contributed by atoms with Crippen LogP contribution in [0.15, 0.2) is 79.3 Å². The van der Waals surface area contributed by atoms with Gasteiger partial charge in [0, 0.05) is 54.1 Å². The molecule has 6 heterocycles. The van der Waals surface area contributed by atoms with Gasteiger partial charge in [0.05, 0.1) is 37.2 Å². The number of aromatic amines is 1. The molecule has 1 fully saturated rings. The minimum Gasteiger partial charge on any atom is -0.493 e. The Labute approximate surface area is 348 Å². The molecule has 0 unspecified atom stereocenters. The van der Waals surface area contributed by atoms with Gasteiger partial charge < -0.3 is 74.6 Å². The first-order chi connectivity index (χ1) is 29.5. The van der Waals surface area contributed by atoms with Crippen molar-refractivity contribution < 1.29 is 63.2 Å². The number of nitrogens with zero attached hydrogens (tertiary/aromatic N) is 1. The topological polar surface area (TPSA) is 252 Å². The third-order valence-electron chi connectivity index (χ3n) is 11.5. The Bertz CT molecular complexity index is 2480. The van der Waals surface area contributed by atoms with Crippen molar-refractivity contribution in [3.05, 3.63) is 102 Å². The zero-order chi connectivity index (χ0) is 42.5. The summed E-state index contributed by atoms with van der Waals surface area (Å²) < 4.78 is 45.7. The maximum Gasteiger partial charge on any atom is 0.317 e. The molecule has 0 radical (unpaired) electrons. The molecule has 10 atom stereocenters. The minimum atomic E-state index is -1.90. The molecular weight excluding hydrogens is 792 g/mol. The van der Waals surface area contributed by atoms with Crippen LogP contribution in [-0.2, 0) is 25.6 Å². The van der Waals surface area contributed by atoms with E-state index in [1.807, 2.05) is 71.7 Å². The van der Waals surface area contributed by atoms with E-state index in [2.05, 4.69) is 16.8 Å². The van der Waals surface area contributed by atoms with Crippen LogP contribution in [0.3, 0.4) is 0 Å². The van der Waals surface area contributed by atoms with Crippen LogP contribution in [-0.4, -0.2) is 105 Å². The minimum absolute atomic E-state index is 0.135. The number of aliphatic carboxylic acids is 1. The quantitative estimate of drug-likeness (QED) is 0.0437. The molecule has 4 aliphatic heterocycles. The molecule has 318 valence electrons.